The van der Waals surface area contributed by atoms with Crippen LogP contribution in [0.5, 0.6) is 5.88 Å². The zero-order valence-electron chi connectivity index (χ0n) is 11.8. The molecule has 6 rings (SSSR count). The van der Waals surface area contributed by atoms with Crippen LogP contribution < -0.4 is 4.74 Å². The molecule has 0 atom stereocenters. The fourth-order valence-corrected chi connectivity index (χ4v) is 4.12. The lowest BCUT2D eigenvalue weighted by molar-refractivity contribution is 0.0154. The Balaban J connectivity index is 1.55. The lowest BCUT2D eigenvalue weighted by Gasteiger charge is -2.41. The zero-order chi connectivity index (χ0) is 14.2. The van der Waals surface area contributed by atoms with Crippen LogP contribution in [0, 0.1) is 0 Å². The number of hydrogen-bond donors (Lipinski definition) is 0. The van der Waals surface area contributed by atoms with Crippen LogP contribution in [0.4, 0.5) is 0 Å². The molecule has 2 aliphatic carbocycles. The summed E-state index contributed by atoms with van der Waals surface area (Å²) in [6.07, 6.45) is 8.78. The van der Waals surface area contributed by atoms with Gasteiger partial charge in [-0.25, -0.2) is 4.98 Å². The predicted octanol–water partition coefficient (Wildman–Crippen LogP) is 2.85. The van der Waals surface area contributed by atoms with Crippen molar-refractivity contribution in [3.63, 3.8) is 0 Å². The van der Waals surface area contributed by atoms with Crippen molar-refractivity contribution in [3.05, 3.63) is 22.6 Å². The minimum atomic E-state index is 0.0735. The van der Waals surface area contributed by atoms with Crippen LogP contribution in [0.25, 0.3) is 5.78 Å². The minimum absolute atomic E-state index is 0.0735. The first-order valence-electron chi connectivity index (χ1n) is 7.42. The molecule has 2 saturated heterocycles. The molecular weight excluding hydrogens is 334 g/mol. The molecule has 0 amide bonds. The quantitative estimate of drug-likeness (QED) is 0.854. The van der Waals surface area contributed by atoms with Crippen LogP contribution >= 0.6 is 15.9 Å². The van der Waals surface area contributed by atoms with E-state index in [1.165, 1.54) is 0 Å². The summed E-state index contributed by atoms with van der Waals surface area (Å²) in [6.45, 7) is 2.96. The molecule has 4 heterocycles. The molecule has 2 aromatic rings. The number of fused-ring (bicyclic) bond motifs is 2. The van der Waals surface area contributed by atoms with Crippen molar-refractivity contribution in [2.75, 3.05) is 6.61 Å². The van der Waals surface area contributed by atoms with Gasteiger partial charge < -0.3 is 9.47 Å². The number of imidazole rings is 1. The Morgan fingerprint density at radius 2 is 2.14 bits per heavy atom. The predicted molar refractivity (Wildman–Crippen MR) is 79.6 cm³/mol. The van der Waals surface area contributed by atoms with Gasteiger partial charge in [-0.2, -0.15) is 4.98 Å². The third kappa shape index (κ3) is 1.78. The van der Waals surface area contributed by atoms with Crippen LogP contribution in [0.3, 0.4) is 0 Å². The van der Waals surface area contributed by atoms with Crippen LogP contribution in [0.1, 0.15) is 38.3 Å². The van der Waals surface area contributed by atoms with E-state index >= 15 is 0 Å². The van der Waals surface area contributed by atoms with Gasteiger partial charge in [0.15, 0.2) is 0 Å². The molecule has 2 aromatic heterocycles. The highest BCUT2D eigenvalue weighted by Crippen LogP contribution is 2.58. The molecule has 2 aliphatic heterocycles. The molecule has 21 heavy (non-hydrogen) atoms. The molecule has 6 heteroatoms. The lowest BCUT2D eigenvalue weighted by atomic mass is 9.62. The van der Waals surface area contributed by atoms with E-state index in [1.54, 1.807) is 0 Å². The van der Waals surface area contributed by atoms with Gasteiger partial charge in [0.25, 0.3) is 0 Å². The summed E-state index contributed by atoms with van der Waals surface area (Å²) in [6, 6.07) is 0. The summed E-state index contributed by atoms with van der Waals surface area (Å²) in [5.41, 5.74) is 1.27. The minimum Gasteiger partial charge on any atom is -0.473 e. The van der Waals surface area contributed by atoms with Crippen LogP contribution in [0.2, 0.25) is 0 Å². The SMILES string of the molecule is CC12CC(c3cn4cc(Br)c(OC5CC5)nc4n3)(CO1)C2. The van der Waals surface area contributed by atoms with E-state index in [2.05, 4.69) is 34.0 Å². The molecule has 4 fully saturated rings. The first-order valence-corrected chi connectivity index (χ1v) is 8.21. The summed E-state index contributed by atoms with van der Waals surface area (Å²) < 4.78 is 14.5. The summed E-state index contributed by atoms with van der Waals surface area (Å²) in [7, 11) is 0. The molecule has 110 valence electrons. The summed E-state index contributed by atoms with van der Waals surface area (Å²) in [5.74, 6) is 1.36. The van der Waals surface area contributed by atoms with Crippen molar-refractivity contribution in [2.24, 2.45) is 0 Å². The van der Waals surface area contributed by atoms with Gasteiger partial charge in [-0.3, -0.25) is 4.40 Å². The Morgan fingerprint density at radius 3 is 2.81 bits per heavy atom. The molecule has 0 N–H and O–H groups in total. The molecule has 0 radical (unpaired) electrons. The van der Waals surface area contributed by atoms with E-state index < -0.39 is 0 Å². The lowest BCUT2D eigenvalue weighted by Crippen LogP contribution is -2.45. The van der Waals surface area contributed by atoms with Gasteiger partial charge in [0.2, 0.25) is 11.7 Å². The molecular formula is C15H16BrN3O2. The maximum absolute atomic E-state index is 5.87. The van der Waals surface area contributed by atoms with E-state index in [4.69, 9.17) is 14.5 Å². The number of rotatable bonds is 3. The first kappa shape index (κ1) is 12.4. The maximum atomic E-state index is 5.87. The van der Waals surface area contributed by atoms with Crippen LogP contribution in [-0.2, 0) is 10.2 Å². The van der Waals surface area contributed by atoms with E-state index in [0.29, 0.717) is 17.8 Å². The monoisotopic (exact) mass is 349 g/mol. The Morgan fingerprint density at radius 1 is 1.33 bits per heavy atom. The average molecular weight is 350 g/mol. The first-order chi connectivity index (χ1) is 10.1. The van der Waals surface area contributed by atoms with Crippen molar-refractivity contribution in [2.45, 2.75) is 49.7 Å². The normalized spacial score (nSPS) is 34.2. The second-order valence-electron chi connectivity index (χ2n) is 6.92. The Bertz CT molecular complexity index is 747. The van der Waals surface area contributed by atoms with Gasteiger partial charge >= 0.3 is 0 Å². The van der Waals surface area contributed by atoms with E-state index in [-0.39, 0.29) is 11.0 Å². The number of halogens is 1. The number of nitrogens with zero attached hydrogens (tertiary/aromatic N) is 3. The van der Waals surface area contributed by atoms with E-state index in [9.17, 15) is 0 Å². The number of hydrogen-bond acceptors (Lipinski definition) is 4. The van der Waals surface area contributed by atoms with Gasteiger partial charge in [0, 0.05) is 17.8 Å². The van der Waals surface area contributed by atoms with Crippen molar-refractivity contribution in [3.8, 4) is 5.88 Å². The van der Waals surface area contributed by atoms with E-state index in [0.717, 1.165) is 42.5 Å². The Hall–Kier alpha value is -1.14. The van der Waals surface area contributed by atoms with Crippen LogP contribution in [0.15, 0.2) is 16.9 Å². The zero-order valence-corrected chi connectivity index (χ0v) is 13.4. The second-order valence-corrected chi connectivity index (χ2v) is 7.77. The number of ether oxygens (including phenoxy) is 2. The van der Waals surface area contributed by atoms with E-state index in [1.807, 2.05) is 10.6 Å². The highest BCUT2D eigenvalue weighted by atomic mass is 79.9. The van der Waals surface area contributed by atoms with Gasteiger partial charge in [0.05, 0.1) is 22.4 Å². The second kappa shape index (κ2) is 3.79. The Kier molecular flexibility index (Phi) is 2.24. The van der Waals surface area contributed by atoms with Crippen LogP contribution in [-0.4, -0.2) is 32.7 Å². The standard InChI is InChI=1S/C15H16BrN3O2/c1-14-6-15(7-14,8-20-14)11-5-19-4-10(16)12(18-13(19)17-11)21-9-2-3-9/h4-5,9H,2-3,6-8H2,1H3. The summed E-state index contributed by atoms with van der Waals surface area (Å²) >= 11 is 3.54. The highest BCUT2D eigenvalue weighted by molar-refractivity contribution is 9.10. The van der Waals surface area contributed by atoms with Crippen molar-refractivity contribution >= 4 is 21.7 Å². The molecule has 5 nitrogen and oxygen atoms in total. The van der Waals surface area contributed by atoms with Gasteiger partial charge in [-0.05, 0) is 48.5 Å². The van der Waals surface area contributed by atoms with Crippen molar-refractivity contribution < 1.29 is 9.47 Å². The van der Waals surface area contributed by atoms with Crippen molar-refractivity contribution in [1.29, 1.82) is 0 Å². The van der Waals surface area contributed by atoms with Gasteiger partial charge in [0.1, 0.15) is 6.10 Å². The largest absolute Gasteiger partial charge is 0.473 e. The fourth-order valence-electron chi connectivity index (χ4n) is 3.72. The third-order valence-corrected chi connectivity index (χ3v) is 5.38. The van der Waals surface area contributed by atoms with Gasteiger partial charge in [-0.1, -0.05) is 0 Å². The molecule has 0 spiro atoms. The molecule has 2 saturated carbocycles. The molecule has 4 aliphatic rings. The molecule has 0 unspecified atom stereocenters. The number of aromatic nitrogens is 3. The third-order valence-electron chi connectivity index (χ3n) is 4.84. The Labute approximate surface area is 130 Å². The average Bonchev–Trinajstić information content (AvgIpc) is 2.87. The maximum Gasteiger partial charge on any atom is 0.237 e. The summed E-state index contributed by atoms with van der Waals surface area (Å²) in [5, 5.41) is 0. The summed E-state index contributed by atoms with van der Waals surface area (Å²) in [4.78, 5) is 9.29. The topological polar surface area (TPSA) is 48.7 Å². The smallest absolute Gasteiger partial charge is 0.237 e. The highest BCUT2D eigenvalue weighted by Gasteiger charge is 2.61. The van der Waals surface area contributed by atoms with Gasteiger partial charge in [-0.15, -0.1) is 0 Å². The molecule has 2 bridgehead atoms. The fraction of sp³-hybridized carbons (Fsp3) is 0.600. The molecule has 0 aromatic carbocycles. The van der Waals surface area contributed by atoms with Crippen molar-refractivity contribution in [1.82, 2.24) is 14.4 Å².